The van der Waals surface area contributed by atoms with Crippen LogP contribution >= 0.6 is 0 Å². The summed E-state index contributed by atoms with van der Waals surface area (Å²) < 4.78 is 16.8. The number of aromatic nitrogens is 2. The van der Waals surface area contributed by atoms with Crippen LogP contribution in [0.25, 0.3) is 0 Å². The summed E-state index contributed by atoms with van der Waals surface area (Å²) in [5.74, 6) is 1.14. The topological polar surface area (TPSA) is 104 Å². The number of fused-ring (bicyclic) bond motifs is 2. The predicted molar refractivity (Wildman–Crippen MR) is 142 cm³/mol. The van der Waals surface area contributed by atoms with Gasteiger partial charge in [0.25, 0.3) is 11.7 Å². The zero-order valence-corrected chi connectivity index (χ0v) is 22.5. The molecule has 1 N–H and O–H groups in total. The van der Waals surface area contributed by atoms with Gasteiger partial charge in [-0.2, -0.15) is 4.98 Å². The molecular weight excluding hydrogens is 482 g/mol. The lowest BCUT2D eigenvalue weighted by Gasteiger charge is -2.26. The Morgan fingerprint density at radius 2 is 1.82 bits per heavy atom. The van der Waals surface area contributed by atoms with Gasteiger partial charge in [0.2, 0.25) is 5.89 Å². The summed E-state index contributed by atoms with van der Waals surface area (Å²) in [7, 11) is 1.42. The van der Waals surface area contributed by atoms with Gasteiger partial charge in [0.05, 0.1) is 25.2 Å². The first-order valence-electron chi connectivity index (χ1n) is 14.5. The second-order valence-electron chi connectivity index (χ2n) is 11.2. The minimum Gasteiger partial charge on any atom is -0.469 e. The summed E-state index contributed by atoms with van der Waals surface area (Å²) in [6.45, 7) is 0.637. The molecular formula is C30H41N3O5. The van der Waals surface area contributed by atoms with Crippen molar-refractivity contribution in [2.75, 3.05) is 13.7 Å². The van der Waals surface area contributed by atoms with Gasteiger partial charge < -0.3 is 19.3 Å². The fraction of sp³-hybridized carbons (Fsp3) is 0.667. The summed E-state index contributed by atoms with van der Waals surface area (Å²) in [5, 5.41) is 7.00. The Kier molecular flexibility index (Phi) is 9.10. The van der Waals surface area contributed by atoms with E-state index in [0.29, 0.717) is 25.3 Å². The van der Waals surface area contributed by atoms with Crippen LogP contribution in [-0.2, 0) is 27.1 Å². The number of nitrogens with zero attached hydrogens (tertiary/aromatic N) is 2. The molecule has 0 radical (unpaired) electrons. The third-order valence-electron chi connectivity index (χ3n) is 8.80. The number of unbranched alkanes of at least 4 members (excludes halogenated alkanes) is 1. The number of methoxy groups -OCH3 is 1. The van der Waals surface area contributed by atoms with Crippen LogP contribution in [0.4, 0.5) is 0 Å². The highest BCUT2D eigenvalue weighted by Gasteiger charge is 2.52. The van der Waals surface area contributed by atoms with Crippen LogP contribution in [-0.4, -0.2) is 47.9 Å². The molecule has 8 nitrogen and oxygen atoms in total. The number of hydrogen-bond donors (Lipinski definition) is 1. The molecule has 4 atom stereocenters. The predicted octanol–water partition coefficient (Wildman–Crippen LogP) is 5.16. The zero-order chi connectivity index (χ0) is 26.3. The molecule has 38 heavy (non-hydrogen) atoms. The van der Waals surface area contributed by atoms with Crippen LogP contribution in [0.5, 0.6) is 0 Å². The SMILES string of the molecule is COC(=O)CCc1ccccc1C[C@@H]1[C@H](c2nc(C(=O)NCCCCC3CCCCC3)no2)[C@H]2CC[C@@H]1O2. The fourth-order valence-electron chi connectivity index (χ4n) is 6.75. The van der Waals surface area contributed by atoms with E-state index in [1.54, 1.807) is 0 Å². The van der Waals surface area contributed by atoms with Crippen molar-refractivity contribution in [3.05, 3.63) is 47.1 Å². The van der Waals surface area contributed by atoms with Gasteiger partial charge >= 0.3 is 5.97 Å². The van der Waals surface area contributed by atoms with E-state index in [4.69, 9.17) is 14.0 Å². The molecule has 8 heteroatoms. The van der Waals surface area contributed by atoms with Crippen LogP contribution in [0.1, 0.15) is 104 Å². The van der Waals surface area contributed by atoms with E-state index < -0.39 is 0 Å². The Bertz CT molecular complexity index is 1080. The molecule has 206 valence electrons. The molecule has 3 aliphatic rings. The standard InChI is InChI=1S/C30H41N3O5/c1-36-26(34)17-14-21-12-5-6-13-22(21)19-23-24-15-16-25(37-24)27(23)30-32-28(33-38-30)29(35)31-18-8-7-11-20-9-3-2-4-10-20/h5-6,12-13,20,23-25,27H,2-4,7-11,14-19H2,1H3,(H,31,35)/t23-,24-,25+,27-/m0/s1. The van der Waals surface area contributed by atoms with Crippen LogP contribution in [0, 0.1) is 11.8 Å². The van der Waals surface area contributed by atoms with Crippen molar-refractivity contribution in [2.24, 2.45) is 11.8 Å². The van der Waals surface area contributed by atoms with Gasteiger partial charge in [-0.3, -0.25) is 9.59 Å². The second kappa shape index (κ2) is 12.9. The molecule has 0 unspecified atom stereocenters. The van der Waals surface area contributed by atoms with E-state index >= 15 is 0 Å². The normalized spacial score (nSPS) is 25.0. The lowest BCUT2D eigenvalue weighted by Crippen LogP contribution is -2.28. The Hall–Kier alpha value is -2.74. The molecule has 2 saturated heterocycles. The maximum atomic E-state index is 12.7. The minimum absolute atomic E-state index is 0.0309. The highest BCUT2D eigenvalue weighted by atomic mass is 16.5. The lowest BCUT2D eigenvalue weighted by atomic mass is 9.75. The van der Waals surface area contributed by atoms with Crippen LogP contribution in [0.15, 0.2) is 28.8 Å². The highest BCUT2D eigenvalue weighted by Crippen LogP contribution is 2.49. The average Bonchev–Trinajstić information content (AvgIpc) is 3.70. The summed E-state index contributed by atoms with van der Waals surface area (Å²) >= 11 is 0. The molecule has 1 aromatic heterocycles. The van der Waals surface area contributed by atoms with Crippen molar-refractivity contribution in [3.63, 3.8) is 0 Å². The number of ether oxygens (including phenoxy) is 2. The second-order valence-corrected chi connectivity index (χ2v) is 11.2. The Morgan fingerprint density at radius 3 is 2.63 bits per heavy atom. The van der Waals surface area contributed by atoms with Gasteiger partial charge in [-0.15, -0.1) is 0 Å². The Morgan fingerprint density at radius 1 is 1.03 bits per heavy atom. The number of aryl methyl sites for hydroxylation is 1. The number of amides is 1. The van der Waals surface area contributed by atoms with Gasteiger partial charge in [-0.1, -0.05) is 74.4 Å². The molecule has 2 aliphatic heterocycles. The molecule has 0 spiro atoms. The molecule has 1 amide bonds. The maximum Gasteiger partial charge on any atom is 0.305 e. The number of hydrogen-bond acceptors (Lipinski definition) is 7. The molecule has 1 saturated carbocycles. The third kappa shape index (κ3) is 6.45. The molecule has 3 heterocycles. The van der Waals surface area contributed by atoms with Gasteiger partial charge in [0.15, 0.2) is 0 Å². The molecule has 2 aromatic rings. The van der Waals surface area contributed by atoms with Crippen LogP contribution < -0.4 is 5.32 Å². The first-order chi connectivity index (χ1) is 18.6. The number of nitrogens with one attached hydrogen (secondary N) is 1. The first kappa shape index (κ1) is 26.9. The largest absolute Gasteiger partial charge is 0.469 e. The lowest BCUT2D eigenvalue weighted by molar-refractivity contribution is -0.140. The summed E-state index contributed by atoms with van der Waals surface area (Å²) in [6.07, 6.45) is 14.2. The molecule has 1 aliphatic carbocycles. The fourth-order valence-corrected chi connectivity index (χ4v) is 6.75. The monoisotopic (exact) mass is 523 g/mol. The number of benzene rings is 1. The van der Waals surface area contributed by atoms with Crippen LogP contribution in [0.2, 0.25) is 0 Å². The quantitative estimate of drug-likeness (QED) is 0.303. The zero-order valence-electron chi connectivity index (χ0n) is 22.5. The number of esters is 1. The smallest absolute Gasteiger partial charge is 0.305 e. The van der Waals surface area contributed by atoms with E-state index in [1.165, 1.54) is 51.2 Å². The van der Waals surface area contributed by atoms with Crippen molar-refractivity contribution in [2.45, 2.75) is 102 Å². The van der Waals surface area contributed by atoms with E-state index in [-0.39, 0.29) is 41.7 Å². The van der Waals surface area contributed by atoms with Crippen molar-refractivity contribution in [3.8, 4) is 0 Å². The number of rotatable bonds is 12. The summed E-state index contributed by atoms with van der Waals surface area (Å²) in [6, 6.07) is 8.23. The van der Waals surface area contributed by atoms with E-state index in [2.05, 4.69) is 27.6 Å². The third-order valence-corrected chi connectivity index (χ3v) is 8.80. The summed E-state index contributed by atoms with van der Waals surface area (Å²) in [5.41, 5.74) is 2.35. The maximum absolute atomic E-state index is 12.7. The van der Waals surface area contributed by atoms with Gasteiger partial charge in [0.1, 0.15) is 0 Å². The first-order valence-corrected chi connectivity index (χ1v) is 14.5. The van der Waals surface area contributed by atoms with Crippen molar-refractivity contribution in [1.29, 1.82) is 0 Å². The van der Waals surface area contributed by atoms with Gasteiger partial charge in [-0.05, 0) is 49.1 Å². The molecule has 2 bridgehead atoms. The van der Waals surface area contributed by atoms with E-state index in [0.717, 1.165) is 43.6 Å². The van der Waals surface area contributed by atoms with E-state index in [1.807, 2.05) is 12.1 Å². The van der Waals surface area contributed by atoms with Crippen molar-refractivity contribution in [1.82, 2.24) is 15.5 Å². The summed E-state index contributed by atoms with van der Waals surface area (Å²) in [4.78, 5) is 28.9. The number of carbonyl (C=O) groups is 2. The van der Waals surface area contributed by atoms with Crippen molar-refractivity contribution < 1.29 is 23.6 Å². The van der Waals surface area contributed by atoms with Crippen LogP contribution in [0.3, 0.4) is 0 Å². The highest BCUT2D eigenvalue weighted by molar-refractivity contribution is 5.90. The minimum atomic E-state index is -0.272. The Balaban J connectivity index is 1.17. The molecule has 5 rings (SSSR count). The Labute approximate surface area is 225 Å². The van der Waals surface area contributed by atoms with E-state index in [9.17, 15) is 9.59 Å². The van der Waals surface area contributed by atoms with Gasteiger partial charge in [0, 0.05) is 18.9 Å². The van der Waals surface area contributed by atoms with Crippen molar-refractivity contribution >= 4 is 11.9 Å². The van der Waals surface area contributed by atoms with Gasteiger partial charge in [-0.25, -0.2) is 0 Å². The molecule has 1 aromatic carbocycles. The average molecular weight is 524 g/mol. The molecule has 3 fully saturated rings. The number of carbonyl (C=O) groups excluding carboxylic acids is 2.